The number of pyridine rings is 2. The van der Waals surface area contributed by atoms with Gasteiger partial charge in [0.25, 0.3) is 5.91 Å². The van der Waals surface area contributed by atoms with Crippen LogP contribution in [0.15, 0.2) is 61.1 Å². The predicted molar refractivity (Wildman–Crippen MR) is 166 cm³/mol. The van der Waals surface area contributed by atoms with Gasteiger partial charge in [0.05, 0.1) is 43.8 Å². The molecule has 0 aliphatic carbocycles. The Morgan fingerprint density at radius 3 is 2.47 bits per heavy atom. The van der Waals surface area contributed by atoms with Gasteiger partial charge in [-0.15, -0.1) is 0 Å². The molecule has 2 atom stereocenters. The van der Waals surface area contributed by atoms with Crippen molar-refractivity contribution in [2.75, 3.05) is 77.6 Å². The molecule has 4 aliphatic rings. The molecule has 4 aliphatic heterocycles. The summed E-state index contributed by atoms with van der Waals surface area (Å²) in [5, 5.41) is 14.2. The van der Waals surface area contributed by atoms with Crippen LogP contribution >= 0.6 is 0 Å². The van der Waals surface area contributed by atoms with Crippen molar-refractivity contribution in [2.45, 2.75) is 0 Å². The SMILES string of the molecule is COc1ccc(C(=O)N2CC3CN(c4ccc(-c5cc(OCCN6CC7(COC7)C6)cn6ncc(C#N)c56)cn4)CC3C2)cc1. The molecule has 4 aromatic rings. The zero-order valence-electron chi connectivity index (χ0n) is 25.3. The molecular formula is C34H35N7O4. The summed E-state index contributed by atoms with van der Waals surface area (Å²) in [5.41, 5.74) is 4.10. The van der Waals surface area contributed by atoms with Gasteiger partial charge in [-0.25, -0.2) is 9.50 Å². The van der Waals surface area contributed by atoms with Gasteiger partial charge in [0, 0.05) is 86.0 Å². The van der Waals surface area contributed by atoms with Crippen molar-refractivity contribution in [1.29, 1.82) is 5.26 Å². The number of nitriles is 1. The van der Waals surface area contributed by atoms with Gasteiger partial charge in [0.15, 0.2) is 0 Å². The van der Waals surface area contributed by atoms with E-state index in [0.29, 0.717) is 40.7 Å². The number of ether oxygens (including phenoxy) is 3. The van der Waals surface area contributed by atoms with Gasteiger partial charge in [0.2, 0.25) is 0 Å². The maximum atomic E-state index is 13.1. The second-order valence-electron chi connectivity index (χ2n) is 12.9. The molecule has 0 bridgehead atoms. The van der Waals surface area contributed by atoms with Crippen LogP contribution in [-0.4, -0.2) is 103 Å². The monoisotopic (exact) mass is 605 g/mol. The Morgan fingerprint density at radius 2 is 1.82 bits per heavy atom. The van der Waals surface area contributed by atoms with Crippen molar-refractivity contribution in [3.63, 3.8) is 0 Å². The molecule has 0 radical (unpaired) electrons. The first kappa shape index (κ1) is 27.9. The Morgan fingerprint density at radius 1 is 1.04 bits per heavy atom. The van der Waals surface area contributed by atoms with Crippen LogP contribution in [0.5, 0.6) is 11.5 Å². The Labute approximate surface area is 261 Å². The number of amides is 1. The van der Waals surface area contributed by atoms with E-state index in [1.807, 2.05) is 53.7 Å². The number of aromatic nitrogens is 3. The van der Waals surface area contributed by atoms with Crippen LogP contribution in [0.25, 0.3) is 16.6 Å². The highest BCUT2D eigenvalue weighted by atomic mass is 16.5. The van der Waals surface area contributed by atoms with Gasteiger partial charge in [0.1, 0.15) is 30.0 Å². The number of benzene rings is 1. The number of nitrogens with zero attached hydrogens (tertiary/aromatic N) is 7. The summed E-state index contributed by atoms with van der Waals surface area (Å²) in [5.74, 6) is 3.27. The van der Waals surface area contributed by atoms with Crippen molar-refractivity contribution in [3.05, 3.63) is 72.2 Å². The maximum absolute atomic E-state index is 13.1. The number of methoxy groups -OCH3 is 1. The zero-order valence-corrected chi connectivity index (χ0v) is 25.3. The van der Waals surface area contributed by atoms with Crippen molar-refractivity contribution in [3.8, 4) is 28.7 Å². The third-order valence-electron chi connectivity index (χ3n) is 9.81. The first-order chi connectivity index (χ1) is 22.0. The second-order valence-corrected chi connectivity index (χ2v) is 12.9. The molecule has 0 saturated carbocycles. The van der Waals surface area contributed by atoms with Gasteiger partial charge >= 0.3 is 0 Å². The number of fused-ring (bicyclic) bond motifs is 2. The van der Waals surface area contributed by atoms with Gasteiger partial charge in [-0.2, -0.15) is 10.4 Å². The molecule has 1 aromatic carbocycles. The minimum absolute atomic E-state index is 0.0768. The molecule has 45 heavy (non-hydrogen) atoms. The standard InChI is InChI=1S/C34H35N7O4/c1-43-28-5-2-23(3-6-28)33(42)40-16-26-14-39(15-27(26)17-40)31-7-4-24(12-36-31)30-10-29(18-41-32(30)25(11-35)13-37-41)45-9-8-38-19-34(20-38)21-44-22-34/h2-7,10,12-13,18,26-27H,8-9,14-17,19-22H2,1H3. The normalized spacial score (nSPS) is 21.8. The first-order valence-corrected chi connectivity index (χ1v) is 15.5. The summed E-state index contributed by atoms with van der Waals surface area (Å²) >= 11 is 0. The van der Waals surface area contributed by atoms with E-state index in [0.717, 1.165) is 87.2 Å². The number of rotatable bonds is 8. The predicted octanol–water partition coefficient (Wildman–Crippen LogP) is 3.20. The topological polar surface area (TPSA) is 108 Å². The Bertz CT molecular complexity index is 1760. The molecule has 2 unspecified atom stereocenters. The Kier molecular flexibility index (Phi) is 6.84. The number of hydrogen-bond acceptors (Lipinski definition) is 9. The van der Waals surface area contributed by atoms with Crippen molar-refractivity contribution in [1.82, 2.24) is 24.4 Å². The van der Waals surface area contributed by atoms with Crippen LogP contribution in [0.1, 0.15) is 15.9 Å². The summed E-state index contributed by atoms with van der Waals surface area (Å²) < 4.78 is 18.5. The lowest BCUT2D eigenvalue weighted by atomic mass is 9.78. The van der Waals surface area contributed by atoms with E-state index in [1.165, 1.54) is 0 Å². The van der Waals surface area contributed by atoms with Gasteiger partial charge in [-0.3, -0.25) is 9.69 Å². The molecule has 8 rings (SSSR count). The van der Waals surface area contributed by atoms with Crippen molar-refractivity contribution in [2.24, 2.45) is 17.3 Å². The number of hydrogen-bond donors (Lipinski definition) is 0. The summed E-state index contributed by atoms with van der Waals surface area (Å²) in [7, 11) is 1.62. The highest BCUT2D eigenvalue weighted by molar-refractivity contribution is 5.94. The van der Waals surface area contributed by atoms with Crippen molar-refractivity contribution >= 4 is 17.2 Å². The molecule has 4 fully saturated rings. The van der Waals surface area contributed by atoms with E-state index in [9.17, 15) is 10.1 Å². The van der Waals surface area contributed by atoms with E-state index < -0.39 is 0 Å². The lowest BCUT2D eigenvalue weighted by molar-refractivity contribution is -0.189. The summed E-state index contributed by atoms with van der Waals surface area (Å²) in [6, 6.07) is 15.7. The highest BCUT2D eigenvalue weighted by Crippen LogP contribution is 2.38. The quantitative estimate of drug-likeness (QED) is 0.299. The van der Waals surface area contributed by atoms with E-state index in [2.05, 4.69) is 27.0 Å². The summed E-state index contributed by atoms with van der Waals surface area (Å²) in [4.78, 5) is 24.7. The third-order valence-corrected chi connectivity index (χ3v) is 9.81. The molecule has 7 heterocycles. The van der Waals surface area contributed by atoms with Crippen molar-refractivity contribution < 1.29 is 19.0 Å². The van der Waals surface area contributed by atoms with Gasteiger partial charge in [-0.05, 0) is 42.5 Å². The van der Waals surface area contributed by atoms with Crippen LogP contribution in [0.4, 0.5) is 5.82 Å². The number of anilines is 1. The van der Waals surface area contributed by atoms with Crippen LogP contribution in [0.2, 0.25) is 0 Å². The molecular weight excluding hydrogens is 570 g/mol. The summed E-state index contributed by atoms with van der Waals surface area (Å²) in [6.45, 7) is 8.56. The Hall–Kier alpha value is -4.66. The first-order valence-electron chi connectivity index (χ1n) is 15.5. The van der Waals surface area contributed by atoms with E-state index in [4.69, 9.17) is 19.2 Å². The number of carbonyl (C=O) groups is 1. The molecule has 1 spiro atoms. The third kappa shape index (κ3) is 5.04. The van der Waals surface area contributed by atoms with E-state index in [-0.39, 0.29) is 5.91 Å². The van der Waals surface area contributed by atoms with Crippen LogP contribution in [0, 0.1) is 28.6 Å². The maximum Gasteiger partial charge on any atom is 0.253 e. The molecule has 4 saturated heterocycles. The number of carbonyl (C=O) groups excluding carboxylic acids is 1. The second kappa shape index (κ2) is 11.1. The molecule has 0 N–H and O–H groups in total. The molecule has 1 amide bonds. The Balaban J connectivity index is 0.934. The molecule has 11 nitrogen and oxygen atoms in total. The number of likely N-dealkylation sites (tertiary alicyclic amines) is 2. The fraction of sp³-hybridized carbons (Fsp3) is 0.412. The fourth-order valence-electron chi connectivity index (χ4n) is 7.40. The van der Waals surface area contributed by atoms with E-state index >= 15 is 0 Å². The van der Waals surface area contributed by atoms with Crippen LogP contribution in [0.3, 0.4) is 0 Å². The van der Waals surface area contributed by atoms with Gasteiger partial charge in [-0.1, -0.05) is 0 Å². The fourth-order valence-corrected chi connectivity index (χ4v) is 7.40. The minimum atomic E-state index is 0.0768. The zero-order chi connectivity index (χ0) is 30.5. The average Bonchev–Trinajstić information content (AvgIpc) is 3.74. The van der Waals surface area contributed by atoms with E-state index in [1.54, 1.807) is 17.8 Å². The molecule has 11 heteroatoms. The minimum Gasteiger partial charge on any atom is -0.497 e. The van der Waals surface area contributed by atoms with Crippen LogP contribution < -0.4 is 14.4 Å². The van der Waals surface area contributed by atoms with Gasteiger partial charge < -0.3 is 24.0 Å². The lowest BCUT2D eigenvalue weighted by Crippen LogP contribution is -2.66. The van der Waals surface area contributed by atoms with Crippen LogP contribution in [-0.2, 0) is 4.74 Å². The molecule has 230 valence electrons. The smallest absolute Gasteiger partial charge is 0.253 e. The summed E-state index contributed by atoms with van der Waals surface area (Å²) in [6.07, 6.45) is 5.30. The average molecular weight is 606 g/mol. The lowest BCUT2D eigenvalue weighted by Gasteiger charge is -2.55. The largest absolute Gasteiger partial charge is 0.497 e. The molecule has 3 aromatic heterocycles. The highest BCUT2D eigenvalue weighted by Gasteiger charge is 2.48.